The molecular weight excluding hydrogens is 450 g/mol. The normalized spacial score (nSPS) is 17.0. The summed E-state index contributed by atoms with van der Waals surface area (Å²) >= 11 is 0. The third-order valence-electron chi connectivity index (χ3n) is 4.10. The van der Waals surface area contributed by atoms with E-state index in [4.69, 9.17) is 10.5 Å². The van der Waals surface area contributed by atoms with E-state index in [1.807, 2.05) is 13.0 Å². The van der Waals surface area contributed by atoms with E-state index < -0.39 is 5.41 Å². The molecule has 0 spiro atoms. The summed E-state index contributed by atoms with van der Waals surface area (Å²) in [5.74, 6) is 0.105. The van der Waals surface area contributed by atoms with Crippen molar-refractivity contribution in [2.45, 2.75) is 26.2 Å². The number of aromatic nitrogens is 1. The number of hydrogen-bond acceptors (Lipinski definition) is 4. The number of carbonyl (C=O) groups excluding carboxylic acids is 1. The molecule has 2 rings (SSSR count). The number of methoxy groups -OCH3 is 1. The summed E-state index contributed by atoms with van der Waals surface area (Å²) in [6.45, 7) is 3.71. The van der Waals surface area contributed by atoms with Crippen molar-refractivity contribution in [3.05, 3.63) is 36.6 Å². The van der Waals surface area contributed by atoms with Gasteiger partial charge in [0.1, 0.15) is 0 Å². The molecule has 1 aromatic heterocycles. The molecule has 122 valence electrons. The molecule has 1 fully saturated rings. The van der Waals surface area contributed by atoms with Gasteiger partial charge in [0.25, 0.3) is 0 Å². The first-order chi connectivity index (χ1) is 9.45. The van der Waals surface area contributed by atoms with Crippen LogP contribution < -0.4 is 0 Å². The van der Waals surface area contributed by atoms with Crippen molar-refractivity contribution in [1.29, 1.82) is 0 Å². The molecule has 0 aliphatic carbocycles. The largest absolute Gasteiger partial charge is 2.00 e. The predicted molar refractivity (Wildman–Crippen MR) is 84.3 cm³/mol. The van der Waals surface area contributed by atoms with Crippen molar-refractivity contribution < 1.29 is 30.6 Å². The molecule has 0 aromatic carbocycles. The van der Waals surface area contributed by atoms with Gasteiger partial charge in [0.05, 0.1) is 12.5 Å². The van der Waals surface area contributed by atoms with Crippen LogP contribution in [0.5, 0.6) is 0 Å². The molecule has 22 heavy (non-hydrogen) atoms. The smallest absolute Gasteiger partial charge is 0.482 e. The second kappa shape index (κ2) is 8.64. The Hall–Kier alpha value is -0.932. The number of aryl methyl sites for hydroxylation is 1. The van der Waals surface area contributed by atoms with Crippen LogP contribution in [0.15, 0.2) is 12.1 Å². The zero-order valence-electron chi connectivity index (χ0n) is 13.8. The van der Waals surface area contributed by atoms with Crippen molar-refractivity contribution in [3.63, 3.8) is 0 Å². The third-order valence-corrected chi connectivity index (χ3v) is 4.10. The maximum Gasteiger partial charge on any atom is 2.00 e. The molecule has 0 atom stereocenters. The van der Waals surface area contributed by atoms with Crippen molar-refractivity contribution in [1.82, 2.24) is 9.88 Å². The first-order valence-electron chi connectivity index (χ1n) is 6.91. The van der Waals surface area contributed by atoms with Gasteiger partial charge in [-0.2, -0.15) is 0 Å². The first kappa shape index (κ1) is 21.1. The standard InChI is InChI=1S/C15H22N3O2.CH3.W/c1-11-8-12(17-13(16)9-11)10-15(14(19)20-3)4-6-18(2)7-5-15;;/h8-9H,4-7,10H2,1-3H3,(H-,16,17);1H3;/q2*-1;+2. The van der Waals surface area contributed by atoms with Gasteiger partial charge in [0.2, 0.25) is 0 Å². The minimum atomic E-state index is -0.492. The fourth-order valence-corrected chi connectivity index (χ4v) is 2.89. The van der Waals surface area contributed by atoms with Gasteiger partial charge in [-0.3, -0.25) is 4.79 Å². The SMILES string of the molecule is COC(=O)C1(Cc2cc(C)cc([NH-])n2)CCN(C)CC1.[CH3-].[W+2]. The number of likely N-dealkylation sites (tertiary alicyclic amines) is 1. The molecule has 1 N–H and O–H groups in total. The fourth-order valence-electron chi connectivity index (χ4n) is 2.89. The van der Waals surface area contributed by atoms with E-state index in [1.165, 1.54) is 7.11 Å². The molecule has 0 bridgehead atoms. The average Bonchev–Trinajstić information content (AvgIpc) is 2.39. The summed E-state index contributed by atoms with van der Waals surface area (Å²) in [5.41, 5.74) is 9.03. The number of esters is 1. The molecule has 0 unspecified atom stereocenters. The van der Waals surface area contributed by atoms with Gasteiger partial charge < -0.3 is 27.8 Å². The number of ether oxygens (including phenoxy) is 1. The van der Waals surface area contributed by atoms with E-state index in [-0.39, 0.29) is 40.3 Å². The topological polar surface area (TPSA) is 66.2 Å². The molecule has 0 amide bonds. The fraction of sp³-hybridized carbons (Fsp3) is 0.562. The van der Waals surface area contributed by atoms with E-state index in [0.29, 0.717) is 6.42 Å². The van der Waals surface area contributed by atoms with E-state index >= 15 is 0 Å². The molecule has 1 saturated heterocycles. The monoisotopic (exact) mass is 475 g/mol. The Morgan fingerprint density at radius 1 is 1.41 bits per heavy atom. The Kier molecular flexibility index (Phi) is 8.27. The van der Waals surface area contributed by atoms with Gasteiger partial charge in [-0.1, -0.05) is 29.2 Å². The second-order valence-corrected chi connectivity index (χ2v) is 5.77. The van der Waals surface area contributed by atoms with Crippen molar-refractivity contribution >= 4 is 11.8 Å². The van der Waals surface area contributed by atoms with Crippen LogP contribution in [0.4, 0.5) is 5.82 Å². The Morgan fingerprint density at radius 3 is 2.50 bits per heavy atom. The minimum absolute atomic E-state index is 0. The van der Waals surface area contributed by atoms with Crippen molar-refractivity contribution in [3.8, 4) is 0 Å². The number of rotatable bonds is 3. The van der Waals surface area contributed by atoms with Crippen LogP contribution in [0.2, 0.25) is 0 Å². The molecule has 0 saturated carbocycles. The first-order valence-corrected chi connectivity index (χ1v) is 6.91. The molecule has 0 radical (unpaired) electrons. The number of pyridine rings is 1. The summed E-state index contributed by atoms with van der Waals surface area (Å²) in [6.07, 6.45) is 2.11. The van der Waals surface area contributed by atoms with Gasteiger partial charge in [-0.15, -0.1) is 0 Å². The summed E-state index contributed by atoms with van der Waals surface area (Å²) in [6, 6.07) is 3.68. The number of carbonyl (C=O) groups is 1. The molecular formula is C16H25N3O2W. The van der Waals surface area contributed by atoms with Gasteiger partial charge in [-0.25, -0.2) is 0 Å². The van der Waals surface area contributed by atoms with Crippen LogP contribution in [0.1, 0.15) is 24.1 Å². The van der Waals surface area contributed by atoms with E-state index in [2.05, 4.69) is 16.9 Å². The average molecular weight is 475 g/mol. The minimum Gasteiger partial charge on any atom is -0.482 e. The Bertz CT molecular complexity index is 480. The van der Waals surface area contributed by atoms with Gasteiger partial charge in [0, 0.05) is 0 Å². The Balaban J connectivity index is 0.00000220. The van der Waals surface area contributed by atoms with E-state index in [1.54, 1.807) is 6.07 Å². The summed E-state index contributed by atoms with van der Waals surface area (Å²) < 4.78 is 5.03. The van der Waals surface area contributed by atoms with Crippen molar-refractivity contribution in [2.24, 2.45) is 5.41 Å². The number of nitrogens with one attached hydrogen (secondary N) is 1. The quantitative estimate of drug-likeness (QED) is 0.499. The summed E-state index contributed by atoms with van der Waals surface area (Å²) in [5, 5.41) is 0. The van der Waals surface area contributed by atoms with Crippen molar-refractivity contribution in [2.75, 3.05) is 27.2 Å². The zero-order valence-corrected chi connectivity index (χ0v) is 16.7. The Labute approximate surface area is 147 Å². The van der Waals surface area contributed by atoms with Crippen LogP contribution in [0, 0.1) is 19.8 Å². The van der Waals surface area contributed by atoms with E-state index in [0.717, 1.165) is 37.2 Å². The molecule has 5 nitrogen and oxygen atoms in total. The van der Waals surface area contributed by atoms with Crippen LogP contribution >= 0.6 is 0 Å². The molecule has 2 heterocycles. The molecule has 1 aliphatic rings. The number of piperidine rings is 1. The van der Waals surface area contributed by atoms with Crippen LogP contribution in [-0.4, -0.2) is 43.1 Å². The third kappa shape index (κ3) is 4.79. The number of hydrogen-bond donors (Lipinski definition) is 0. The molecule has 1 aliphatic heterocycles. The van der Waals surface area contributed by atoms with Crippen LogP contribution in [0.25, 0.3) is 5.73 Å². The predicted octanol–water partition coefficient (Wildman–Crippen LogP) is 2.95. The number of nitrogens with zero attached hydrogens (tertiary/aromatic N) is 2. The van der Waals surface area contributed by atoms with Gasteiger partial charge in [0.15, 0.2) is 0 Å². The maximum atomic E-state index is 12.3. The summed E-state index contributed by atoms with van der Waals surface area (Å²) in [4.78, 5) is 18.7. The van der Waals surface area contributed by atoms with Crippen LogP contribution in [-0.2, 0) is 37.0 Å². The van der Waals surface area contributed by atoms with Crippen LogP contribution in [0.3, 0.4) is 0 Å². The van der Waals surface area contributed by atoms with Gasteiger partial charge in [-0.05, 0) is 46.3 Å². The Morgan fingerprint density at radius 2 is 2.00 bits per heavy atom. The zero-order chi connectivity index (χ0) is 14.8. The second-order valence-electron chi connectivity index (χ2n) is 5.77. The van der Waals surface area contributed by atoms with E-state index in [9.17, 15) is 4.79 Å². The van der Waals surface area contributed by atoms with Gasteiger partial charge >= 0.3 is 27.0 Å². The molecule has 6 heteroatoms. The summed E-state index contributed by atoms with van der Waals surface area (Å²) in [7, 11) is 3.51. The maximum absolute atomic E-state index is 12.3. The molecule has 1 aromatic rings.